The molecule has 1 aromatic rings. The molecule has 0 fully saturated rings. The number of benzene rings is 1. The maximum absolute atomic E-state index is 5.71. The fourth-order valence-electron chi connectivity index (χ4n) is 1.90. The Morgan fingerprint density at radius 3 is 2.42 bits per heavy atom. The maximum atomic E-state index is 5.71. The molecule has 1 N–H and O–H groups in total. The zero-order valence-electron chi connectivity index (χ0n) is 12.4. The first-order chi connectivity index (χ1) is 9.31. The molecule has 19 heavy (non-hydrogen) atoms. The minimum Gasteiger partial charge on any atom is -0.379 e. The molecule has 1 unspecified atom stereocenters. The summed E-state index contributed by atoms with van der Waals surface area (Å²) >= 11 is 1.88. The lowest BCUT2D eigenvalue weighted by molar-refractivity contribution is 0.112. The van der Waals surface area contributed by atoms with E-state index in [0.717, 1.165) is 38.4 Å². The molecule has 0 bridgehead atoms. The molecule has 0 radical (unpaired) electrons. The second-order valence-corrected chi connectivity index (χ2v) is 5.92. The first-order valence-electron chi connectivity index (χ1n) is 7.35. The van der Waals surface area contributed by atoms with Crippen molar-refractivity contribution in [3.05, 3.63) is 29.8 Å². The van der Waals surface area contributed by atoms with Gasteiger partial charge < -0.3 is 10.1 Å². The second-order valence-electron chi connectivity index (χ2n) is 4.58. The molecule has 0 aliphatic heterocycles. The summed E-state index contributed by atoms with van der Waals surface area (Å²) in [5, 5.41) is 3.56. The molecule has 0 amide bonds. The van der Waals surface area contributed by atoms with E-state index in [1.807, 2.05) is 11.8 Å². The lowest BCUT2D eigenvalue weighted by atomic mass is 10.1. The van der Waals surface area contributed by atoms with Gasteiger partial charge in [-0.2, -0.15) is 0 Å². The highest BCUT2D eigenvalue weighted by Crippen LogP contribution is 2.21. The summed E-state index contributed by atoms with van der Waals surface area (Å²) in [6.45, 7) is 9.15. The molecule has 0 saturated heterocycles. The Balaban J connectivity index is 2.60. The molecule has 0 aliphatic rings. The van der Waals surface area contributed by atoms with Gasteiger partial charge >= 0.3 is 0 Å². The van der Waals surface area contributed by atoms with Gasteiger partial charge in [0.25, 0.3) is 0 Å². The van der Waals surface area contributed by atoms with E-state index in [1.165, 1.54) is 10.5 Å². The molecule has 0 spiro atoms. The van der Waals surface area contributed by atoms with Crippen LogP contribution >= 0.6 is 11.8 Å². The van der Waals surface area contributed by atoms with Crippen molar-refractivity contribution in [3.63, 3.8) is 0 Å². The molecule has 3 heteroatoms. The lowest BCUT2D eigenvalue weighted by Crippen LogP contribution is -2.26. The van der Waals surface area contributed by atoms with Crippen molar-refractivity contribution in [2.75, 3.05) is 25.5 Å². The first-order valence-corrected chi connectivity index (χ1v) is 8.34. The molecule has 1 rings (SSSR count). The van der Waals surface area contributed by atoms with Crippen LogP contribution in [0.4, 0.5) is 0 Å². The van der Waals surface area contributed by atoms with Gasteiger partial charge in [-0.05, 0) is 42.8 Å². The van der Waals surface area contributed by atoms with E-state index in [-0.39, 0.29) is 0 Å². The highest BCUT2D eigenvalue weighted by Gasteiger charge is 2.10. The van der Waals surface area contributed by atoms with Gasteiger partial charge in [0.05, 0.1) is 12.6 Å². The molecular formula is C16H27NOS. The Labute approximate surface area is 122 Å². The third-order valence-electron chi connectivity index (χ3n) is 2.87. The minimum atomic E-state index is 0.312. The Morgan fingerprint density at radius 1 is 1.11 bits per heavy atom. The average molecular weight is 281 g/mol. The zero-order valence-corrected chi connectivity index (χ0v) is 13.3. The molecule has 1 aromatic carbocycles. The van der Waals surface area contributed by atoms with Crippen LogP contribution in [0.25, 0.3) is 0 Å². The average Bonchev–Trinajstić information content (AvgIpc) is 2.44. The summed E-state index contributed by atoms with van der Waals surface area (Å²) in [4.78, 5) is 1.34. The van der Waals surface area contributed by atoms with E-state index in [0.29, 0.717) is 6.04 Å². The van der Waals surface area contributed by atoms with Gasteiger partial charge in [-0.15, -0.1) is 11.8 Å². The van der Waals surface area contributed by atoms with Crippen molar-refractivity contribution in [2.45, 2.75) is 44.6 Å². The van der Waals surface area contributed by atoms with Gasteiger partial charge in [0, 0.05) is 11.5 Å². The SMILES string of the molecule is CCCNC(COCCC)c1ccc(SCC)cc1. The highest BCUT2D eigenvalue weighted by atomic mass is 32.2. The molecule has 0 heterocycles. The Hall–Kier alpha value is -0.510. The molecule has 1 atom stereocenters. The number of thioether (sulfide) groups is 1. The van der Waals surface area contributed by atoms with E-state index in [9.17, 15) is 0 Å². The molecule has 0 saturated carbocycles. The lowest BCUT2D eigenvalue weighted by Gasteiger charge is -2.19. The zero-order chi connectivity index (χ0) is 13.9. The van der Waals surface area contributed by atoms with Crippen LogP contribution in [0.1, 0.15) is 45.2 Å². The third-order valence-corrected chi connectivity index (χ3v) is 3.76. The Kier molecular flexibility index (Phi) is 8.97. The van der Waals surface area contributed by atoms with Crippen LogP contribution in [-0.4, -0.2) is 25.5 Å². The molecule has 108 valence electrons. The Morgan fingerprint density at radius 2 is 1.84 bits per heavy atom. The summed E-state index contributed by atoms with van der Waals surface area (Å²) in [6, 6.07) is 9.18. The number of ether oxygens (including phenoxy) is 1. The first kappa shape index (κ1) is 16.5. The van der Waals surface area contributed by atoms with Gasteiger partial charge in [0.1, 0.15) is 0 Å². The van der Waals surface area contributed by atoms with Crippen molar-refractivity contribution < 1.29 is 4.74 Å². The van der Waals surface area contributed by atoms with Gasteiger partial charge in [-0.1, -0.05) is 32.9 Å². The predicted molar refractivity (Wildman–Crippen MR) is 85.0 cm³/mol. The van der Waals surface area contributed by atoms with Gasteiger partial charge in [0.15, 0.2) is 0 Å². The standard InChI is InChI=1S/C16H27NOS/c1-4-11-17-16(13-18-12-5-2)14-7-9-15(10-8-14)19-6-3/h7-10,16-17H,4-6,11-13H2,1-3H3. The second kappa shape index (κ2) is 10.3. The van der Waals surface area contributed by atoms with E-state index in [2.05, 4.69) is 50.4 Å². The van der Waals surface area contributed by atoms with E-state index < -0.39 is 0 Å². The van der Waals surface area contributed by atoms with Crippen LogP contribution in [-0.2, 0) is 4.74 Å². The summed E-state index contributed by atoms with van der Waals surface area (Å²) < 4.78 is 5.71. The van der Waals surface area contributed by atoms with Crippen molar-refractivity contribution in [1.29, 1.82) is 0 Å². The number of nitrogens with one attached hydrogen (secondary N) is 1. The number of hydrogen-bond acceptors (Lipinski definition) is 3. The summed E-state index contributed by atoms with van der Waals surface area (Å²) in [5.41, 5.74) is 1.32. The topological polar surface area (TPSA) is 21.3 Å². The van der Waals surface area contributed by atoms with Crippen LogP contribution in [0.15, 0.2) is 29.2 Å². The summed E-state index contributed by atoms with van der Waals surface area (Å²) in [7, 11) is 0. The monoisotopic (exact) mass is 281 g/mol. The molecule has 2 nitrogen and oxygen atoms in total. The quantitative estimate of drug-likeness (QED) is 0.511. The van der Waals surface area contributed by atoms with Gasteiger partial charge in [-0.3, -0.25) is 0 Å². The molecular weight excluding hydrogens is 254 g/mol. The smallest absolute Gasteiger partial charge is 0.0661 e. The van der Waals surface area contributed by atoms with Crippen LogP contribution in [0.3, 0.4) is 0 Å². The molecule has 0 aromatic heterocycles. The summed E-state index contributed by atoms with van der Waals surface area (Å²) in [5.74, 6) is 1.12. The largest absolute Gasteiger partial charge is 0.379 e. The van der Waals surface area contributed by atoms with Crippen LogP contribution < -0.4 is 5.32 Å². The van der Waals surface area contributed by atoms with Crippen molar-refractivity contribution >= 4 is 11.8 Å². The normalized spacial score (nSPS) is 12.6. The van der Waals surface area contributed by atoms with Crippen LogP contribution in [0, 0.1) is 0 Å². The van der Waals surface area contributed by atoms with Gasteiger partial charge in [0.2, 0.25) is 0 Å². The number of hydrogen-bond donors (Lipinski definition) is 1. The van der Waals surface area contributed by atoms with E-state index >= 15 is 0 Å². The highest BCUT2D eigenvalue weighted by molar-refractivity contribution is 7.99. The fourth-order valence-corrected chi connectivity index (χ4v) is 2.56. The molecule has 0 aliphatic carbocycles. The van der Waals surface area contributed by atoms with Crippen molar-refractivity contribution in [1.82, 2.24) is 5.32 Å². The van der Waals surface area contributed by atoms with Crippen molar-refractivity contribution in [3.8, 4) is 0 Å². The van der Waals surface area contributed by atoms with E-state index in [4.69, 9.17) is 4.74 Å². The van der Waals surface area contributed by atoms with E-state index in [1.54, 1.807) is 0 Å². The predicted octanol–water partition coefficient (Wildman–Crippen LogP) is 4.27. The van der Waals surface area contributed by atoms with Crippen LogP contribution in [0.2, 0.25) is 0 Å². The Bertz CT molecular complexity index is 326. The maximum Gasteiger partial charge on any atom is 0.0661 e. The van der Waals surface area contributed by atoms with Crippen LogP contribution in [0.5, 0.6) is 0 Å². The van der Waals surface area contributed by atoms with Gasteiger partial charge in [-0.25, -0.2) is 0 Å². The number of rotatable bonds is 10. The minimum absolute atomic E-state index is 0.312. The fraction of sp³-hybridized carbons (Fsp3) is 0.625. The summed E-state index contributed by atoms with van der Waals surface area (Å²) in [6.07, 6.45) is 2.22. The third kappa shape index (κ3) is 6.46. The van der Waals surface area contributed by atoms with Crippen molar-refractivity contribution in [2.24, 2.45) is 0 Å².